The Morgan fingerprint density at radius 3 is 2.75 bits per heavy atom. The van der Waals surface area contributed by atoms with E-state index in [4.69, 9.17) is 9.47 Å². The van der Waals surface area contributed by atoms with E-state index >= 15 is 0 Å². The molecular weight excluding hydrogens is 444 g/mol. The zero-order valence-corrected chi connectivity index (χ0v) is 23.2. The van der Waals surface area contributed by atoms with Crippen LogP contribution >= 0.6 is 0 Å². The predicted octanol–water partition coefficient (Wildman–Crippen LogP) is 6.30. The molecule has 0 N–H and O–H groups in total. The lowest BCUT2D eigenvalue weighted by atomic mass is 9.58. The summed E-state index contributed by atoms with van der Waals surface area (Å²) in [6.07, 6.45) is 19.0. The first-order valence-corrected chi connectivity index (χ1v) is 14.3. The van der Waals surface area contributed by atoms with Crippen LogP contribution in [0.25, 0.3) is 0 Å². The second kappa shape index (κ2) is 8.51. The molecule has 6 atom stereocenters. The van der Waals surface area contributed by atoms with E-state index in [9.17, 15) is 0 Å². The van der Waals surface area contributed by atoms with Crippen LogP contribution in [0.1, 0.15) is 72.1 Å². The van der Waals surface area contributed by atoms with Crippen LogP contribution in [-0.4, -0.2) is 62.2 Å². The van der Waals surface area contributed by atoms with Gasteiger partial charge in [-0.25, -0.2) is 0 Å². The molecule has 36 heavy (non-hydrogen) atoms. The molecule has 3 heterocycles. The summed E-state index contributed by atoms with van der Waals surface area (Å²) in [5.74, 6) is 1.17. The molecular formula is C32H46N2O2. The van der Waals surface area contributed by atoms with Crippen molar-refractivity contribution in [3.05, 3.63) is 47.1 Å². The number of rotatable bonds is 6. The molecule has 2 saturated carbocycles. The van der Waals surface area contributed by atoms with Crippen LogP contribution in [0.4, 0.5) is 0 Å². The van der Waals surface area contributed by atoms with E-state index in [1.807, 2.05) is 13.3 Å². The van der Waals surface area contributed by atoms with Crippen LogP contribution in [0.3, 0.4) is 0 Å². The van der Waals surface area contributed by atoms with Gasteiger partial charge in [0.25, 0.3) is 0 Å². The number of ether oxygens (including phenoxy) is 2. The molecule has 2 spiro atoms. The van der Waals surface area contributed by atoms with Crippen molar-refractivity contribution in [2.75, 3.05) is 33.9 Å². The molecule has 0 aromatic rings. The Balaban J connectivity index is 1.26. The van der Waals surface area contributed by atoms with Crippen molar-refractivity contribution in [1.82, 2.24) is 4.90 Å². The van der Waals surface area contributed by atoms with E-state index in [-0.39, 0.29) is 16.6 Å². The topological polar surface area (TPSA) is 34.1 Å². The highest BCUT2D eigenvalue weighted by atomic mass is 16.5. The molecule has 3 aliphatic carbocycles. The summed E-state index contributed by atoms with van der Waals surface area (Å²) in [5.41, 5.74) is 6.03. The Kier molecular flexibility index (Phi) is 5.87. The van der Waals surface area contributed by atoms with Gasteiger partial charge in [0.1, 0.15) is 0 Å². The highest BCUT2D eigenvalue weighted by molar-refractivity contribution is 5.81. The van der Waals surface area contributed by atoms with E-state index in [2.05, 4.69) is 62.5 Å². The van der Waals surface area contributed by atoms with Crippen LogP contribution in [0.15, 0.2) is 52.1 Å². The van der Waals surface area contributed by atoms with Crippen LogP contribution in [0, 0.1) is 22.7 Å². The maximum absolute atomic E-state index is 7.51. The molecule has 4 heteroatoms. The molecule has 3 aliphatic heterocycles. The summed E-state index contributed by atoms with van der Waals surface area (Å²) >= 11 is 0. The molecule has 0 aromatic carbocycles. The third-order valence-corrected chi connectivity index (χ3v) is 11.1. The molecule has 0 aromatic heterocycles. The summed E-state index contributed by atoms with van der Waals surface area (Å²) in [7, 11) is 4.16. The highest BCUT2D eigenvalue weighted by Gasteiger charge is 2.66. The normalized spacial score (nSPS) is 42.9. The molecule has 2 saturated heterocycles. The molecule has 4 fully saturated rings. The second-order valence-corrected chi connectivity index (χ2v) is 13.7. The number of allylic oxidation sites excluding steroid dienone is 4. The van der Waals surface area contributed by atoms with Crippen molar-refractivity contribution >= 4 is 6.21 Å². The quantitative estimate of drug-likeness (QED) is 0.324. The Bertz CT molecular complexity index is 1060. The van der Waals surface area contributed by atoms with E-state index in [1.54, 1.807) is 5.57 Å². The smallest absolute Gasteiger partial charge is 0.0974 e. The van der Waals surface area contributed by atoms with E-state index in [1.165, 1.54) is 49.7 Å². The van der Waals surface area contributed by atoms with Gasteiger partial charge in [-0.1, -0.05) is 44.2 Å². The van der Waals surface area contributed by atoms with Crippen LogP contribution in [0.2, 0.25) is 0 Å². The minimum atomic E-state index is -0.0817. The van der Waals surface area contributed by atoms with Gasteiger partial charge in [0.2, 0.25) is 0 Å². The summed E-state index contributed by atoms with van der Waals surface area (Å²) in [5, 5.41) is 0. The number of nitrogens with zero attached hydrogens (tertiary/aromatic N) is 2. The maximum Gasteiger partial charge on any atom is 0.0974 e. The summed E-state index contributed by atoms with van der Waals surface area (Å²) in [6.45, 7) is 14.4. The van der Waals surface area contributed by atoms with E-state index in [0.29, 0.717) is 23.3 Å². The van der Waals surface area contributed by atoms with Gasteiger partial charge in [0, 0.05) is 31.3 Å². The van der Waals surface area contributed by atoms with Crippen molar-refractivity contribution in [3.8, 4) is 0 Å². The lowest BCUT2D eigenvalue weighted by molar-refractivity contribution is -0.147. The Labute approximate surface area is 218 Å². The van der Waals surface area contributed by atoms with Gasteiger partial charge in [-0.05, 0) is 99.3 Å². The Morgan fingerprint density at radius 2 is 2.03 bits per heavy atom. The van der Waals surface area contributed by atoms with Gasteiger partial charge in [0.05, 0.1) is 24.4 Å². The maximum atomic E-state index is 7.51. The van der Waals surface area contributed by atoms with Crippen molar-refractivity contribution in [1.29, 1.82) is 0 Å². The predicted molar refractivity (Wildman–Crippen MR) is 147 cm³/mol. The van der Waals surface area contributed by atoms with E-state index in [0.717, 1.165) is 38.2 Å². The lowest BCUT2D eigenvalue weighted by Crippen LogP contribution is -2.56. The SMILES string of the molecule is C=C(/C=N\C)/C=C(\C)C1CC[C@@H]2C1(C)CC=C1C=C3CCC(N(C)CC4(C)COC4)C[C@]34CC[C@@]12O4. The monoisotopic (exact) mass is 490 g/mol. The number of fused-ring (bicyclic) bond motifs is 1. The molecule has 6 rings (SSSR count). The summed E-state index contributed by atoms with van der Waals surface area (Å²) in [4.78, 5) is 6.80. The fourth-order valence-electron chi connectivity index (χ4n) is 9.38. The zero-order valence-electron chi connectivity index (χ0n) is 23.2. The van der Waals surface area contributed by atoms with Crippen molar-refractivity contribution in [2.24, 2.45) is 27.7 Å². The van der Waals surface area contributed by atoms with Crippen molar-refractivity contribution in [2.45, 2.75) is 89.4 Å². The summed E-state index contributed by atoms with van der Waals surface area (Å²) < 4.78 is 13.1. The first-order chi connectivity index (χ1) is 17.1. The first-order valence-electron chi connectivity index (χ1n) is 14.3. The molecule has 2 bridgehead atoms. The molecule has 6 aliphatic rings. The average Bonchev–Trinajstić information content (AvgIpc) is 3.33. The highest BCUT2D eigenvalue weighted by Crippen LogP contribution is 2.68. The molecule has 3 unspecified atom stereocenters. The lowest BCUT2D eigenvalue weighted by Gasteiger charge is -2.55. The van der Waals surface area contributed by atoms with Crippen LogP contribution < -0.4 is 0 Å². The van der Waals surface area contributed by atoms with Gasteiger partial charge >= 0.3 is 0 Å². The van der Waals surface area contributed by atoms with Crippen LogP contribution in [0.5, 0.6) is 0 Å². The number of hydrogen-bond acceptors (Lipinski definition) is 4. The fourth-order valence-corrected chi connectivity index (χ4v) is 9.38. The van der Waals surface area contributed by atoms with Gasteiger partial charge in [-0.2, -0.15) is 0 Å². The molecule has 0 amide bonds. The van der Waals surface area contributed by atoms with Gasteiger partial charge < -0.3 is 14.4 Å². The van der Waals surface area contributed by atoms with Gasteiger partial charge in [-0.15, -0.1) is 0 Å². The number of aliphatic imine (C=N–C) groups is 1. The third-order valence-electron chi connectivity index (χ3n) is 11.1. The standard InChI is InChI=1S/C32H46N2O2/c1-22(18-33-5)15-23(2)27-9-10-28-30(27,4)12-11-25-16-24-7-8-26(34(6)19-29(3)20-35-21-29)17-31(24)13-14-32(25,28)36-31/h11,15-16,18,26-28H,1,7-10,12-14,17,19-21H2,2-6H3/b23-15+,33-18-/t26?,27?,28-,30?,31-,32-/m1/s1. The Hall–Kier alpha value is -1.49. The average molecular weight is 491 g/mol. The van der Waals surface area contributed by atoms with Crippen molar-refractivity contribution < 1.29 is 9.47 Å². The molecule has 196 valence electrons. The molecule has 0 radical (unpaired) electrons. The molecule has 4 nitrogen and oxygen atoms in total. The van der Waals surface area contributed by atoms with Gasteiger partial charge in [0.15, 0.2) is 0 Å². The zero-order chi connectivity index (χ0) is 25.3. The third kappa shape index (κ3) is 3.61. The largest absolute Gasteiger partial charge is 0.380 e. The second-order valence-electron chi connectivity index (χ2n) is 13.7. The fraction of sp³-hybridized carbons (Fsp3) is 0.719. The minimum Gasteiger partial charge on any atom is -0.380 e. The number of hydrogen-bond donors (Lipinski definition) is 0. The Morgan fingerprint density at radius 1 is 1.22 bits per heavy atom. The first kappa shape index (κ1) is 24.8. The van der Waals surface area contributed by atoms with Gasteiger partial charge in [-0.3, -0.25) is 4.99 Å². The van der Waals surface area contributed by atoms with Crippen LogP contribution in [-0.2, 0) is 9.47 Å². The van der Waals surface area contributed by atoms with Crippen molar-refractivity contribution in [3.63, 3.8) is 0 Å². The summed E-state index contributed by atoms with van der Waals surface area (Å²) in [6, 6.07) is 0.600. The minimum absolute atomic E-state index is 0.0430. The van der Waals surface area contributed by atoms with E-state index < -0.39 is 0 Å².